The van der Waals surface area contributed by atoms with Crippen LogP contribution in [-0.4, -0.2) is 56.0 Å². The van der Waals surface area contributed by atoms with Crippen molar-refractivity contribution in [2.24, 2.45) is 10.8 Å². The second-order valence-corrected chi connectivity index (χ2v) is 15.0. The summed E-state index contributed by atoms with van der Waals surface area (Å²) in [5.41, 5.74) is 5.75. The molecule has 0 aromatic rings. The van der Waals surface area contributed by atoms with Crippen molar-refractivity contribution in [3.05, 3.63) is 113 Å². The number of ether oxygens (including phenoxy) is 1. The Kier molecular flexibility index (Phi) is 11.7. The van der Waals surface area contributed by atoms with Gasteiger partial charge in [0.05, 0.1) is 24.4 Å². The number of hydrogen-bond acceptors (Lipinski definition) is 5. The largest absolute Gasteiger partial charge is 0.393 e. The van der Waals surface area contributed by atoms with E-state index >= 15 is 0 Å². The van der Waals surface area contributed by atoms with Gasteiger partial charge in [-0.2, -0.15) is 0 Å². The highest BCUT2D eigenvalue weighted by atomic mass is 16.6. The highest BCUT2D eigenvalue weighted by molar-refractivity contribution is 5.37. The molecule has 5 unspecified atom stereocenters. The molecule has 0 bridgehead atoms. The maximum absolute atomic E-state index is 10.9. The quantitative estimate of drug-likeness (QED) is 0.115. The lowest BCUT2D eigenvalue weighted by Gasteiger charge is -2.43. The van der Waals surface area contributed by atoms with Gasteiger partial charge < -0.3 is 25.2 Å². The fourth-order valence-electron chi connectivity index (χ4n) is 7.30. The van der Waals surface area contributed by atoms with E-state index in [4.69, 9.17) is 4.74 Å². The summed E-state index contributed by atoms with van der Waals surface area (Å²) in [5, 5.41) is 41.1. The first-order valence-electron chi connectivity index (χ1n) is 16.2. The molecule has 246 valence electrons. The standard InChI is InChI=1S/C40H56O5/c1-29(16-12-17-31(3)22-23-40-37(6,7)25-34(43)27-39(40,9)45-40)14-10-11-15-30(2)18-13-19-32(28-41)20-21-35-36(4,5)24-33(42)26-38(35,8)44/h10-20,22-23,33-34,41-44H,24-28H2,1-9H3/b11-10+,16-12+,18-13+,23-22+,29-14+,30-15+,31-17+,32-19-. The van der Waals surface area contributed by atoms with Gasteiger partial charge in [0, 0.05) is 23.8 Å². The molecule has 0 spiro atoms. The second kappa shape index (κ2) is 14.3. The summed E-state index contributed by atoms with van der Waals surface area (Å²) in [7, 11) is 0. The Hall–Kier alpha value is -2.76. The Bertz CT molecular complexity index is 1380. The van der Waals surface area contributed by atoms with E-state index in [9.17, 15) is 20.4 Å². The lowest BCUT2D eigenvalue weighted by molar-refractivity contribution is -0.0268. The summed E-state index contributed by atoms with van der Waals surface area (Å²) in [6.45, 7) is 18.2. The van der Waals surface area contributed by atoms with E-state index < -0.39 is 11.7 Å². The molecular formula is C40H56O5. The van der Waals surface area contributed by atoms with E-state index in [1.165, 1.54) is 0 Å². The van der Waals surface area contributed by atoms with Crippen LogP contribution >= 0.6 is 0 Å². The molecule has 5 heteroatoms. The van der Waals surface area contributed by atoms with Gasteiger partial charge in [0.2, 0.25) is 0 Å². The number of aliphatic hydroxyl groups excluding tert-OH is 3. The molecule has 2 aliphatic carbocycles. The van der Waals surface area contributed by atoms with Crippen LogP contribution in [0.2, 0.25) is 0 Å². The number of epoxide rings is 1. The maximum Gasteiger partial charge on any atom is 0.121 e. The van der Waals surface area contributed by atoms with E-state index in [1.807, 2.05) is 57.2 Å². The third kappa shape index (κ3) is 9.16. The van der Waals surface area contributed by atoms with Crippen molar-refractivity contribution in [3.63, 3.8) is 0 Å². The number of allylic oxidation sites excluding steroid dienone is 14. The van der Waals surface area contributed by atoms with E-state index in [2.05, 4.69) is 76.8 Å². The van der Waals surface area contributed by atoms with Crippen LogP contribution in [0.1, 0.15) is 88.0 Å². The number of aliphatic hydroxyl groups is 4. The Morgan fingerprint density at radius 1 is 0.756 bits per heavy atom. The summed E-state index contributed by atoms with van der Waals surface area (Å²) in [4.78, 5) is 0. The zero-order chi connectivity index (χ0) is 33.7. The second-order valence-electron chi connectivity index (χ2n) is 15.0. The van der Waals surface area contributed by atoms with Crippen molar-refractivity contribution in [2.75, 3.05) is 6.61 Å². The van der Waals surface area contributed by atoms with Gasteiger partial charge in [-0.1, -0.05) is 111 Å². The molecule has 3 aliphatic rings. The van der Waals surface area contributed by atoms with Crippen molar-refractivity contribution < 1.29 is 25.2 Å². The van der Waals surface area contributed by atoms with Gasteiger partial charge >= 0.3 is 0 Å². The van der Waals surface area contributed by atoms with Crippen molar-refractivity contribution in [2.45, 2.75) is 117 Å². The highest BCUT2D eigenvalue weighted by Crippen LogP contribution is 2.66. The average Bonchev–Trinajstić information content (AvgIpc) is 3.52. The maximum atomic E-state index is 10.9. The minimum Gasteiger partial charge on any atom is -0.393 e. The molecule has 0 radical (unpaired) electrons. The minimum atomic E-state index is -1.14. The van der Waals surface area contributed by atoms with E-state index in [0.29, 0.717) is 18.4 Å². The van der Waals surface area contributed by atoms with Crippen LogP contribution in [0, 0.1) is 10.8 Å². The molecule has 1 saturated heterocycles. The van der Waals surface area contributed by atoms with Gasteiger partial charge in [0.15, 0.2) is 0 Å². The molecule has 0 aromatic carbocycles. The number of rotatable bonds is 10. The molecule has 5 nitrogen and oxygen atoms in total. The fourth-order valence-corrected chi connectivity index (χ4v) is 7.30. The van der Waals surface area contributed by atoms with Crippen LogP contribution in [0.5, 0.6) is 0 Å². The molecular weight excluding hydrogens is 560 g/mol. The van der Waals surface area contributed by atoms with Crippen molar-refractivity contribution in [3.8, 4) is 0 Å². The monoisotopic (exact) mass is 616 g/mol. The van der Waals surface area contributed by atoms with Gasteiger partial charge in [-0.05, 0) is 70.6 Å². The van der Waals surface area contributed by atoms with Crippen molar-refractivity contribution in [1.82, 2.24) is 0 Å². The molecule has 0 amide bonds. The van der Waals surface area contributed by atoms with Gasteiger partial charge in [0.25, 0.3) is 0 Å². The normalized spacial score (nSPS) is 34.2. The van der Waals surface area contributed by atoms with Crippen molar-refractivity contribution in [1.29, 1.82) is 0 Å². The smallest absolute Gasteiger partial charge is 0.121 e. The Balaban J connectivity index is 1.56. The molecule has 45 heavy (non-hydrogen) atoms. The first kappa shape index (κ1) is 36.7. The van der Waals surface area contributed by atoms with Crippen LogP contribution in [-0.2, 0) is 4.74 Å². The topological polar surface area (TPSA) is 93.5 Å². The lowest BCUT2D eigenvalue weighted by atomic mass is 9.63. The van der Waals surface area contributed by atoms with Gasteiger partial charge in [0.1, 0.15) is 11.2 Å². The zero-order valence-corrected chi connectivity index (χ0v) is 28.9. The van der Waals surface area contributed by atoms with Crippen LogP contribution < -0.4 is 0 Å². The highest BCUT2D eigenvalue weighted by Gasteiger charge is 2.74. The zero-order valence-electron chi connectivity index (χ0n) is 28.9. The van der Waals surface area contributed by atoms with Crippen LogP contribution in [0.15, 0.2) is 113 Å². The molecule has 2 saturated carbocycles. The molecule has 1 heterocycles. The van der Waals surface area contributed by atoms with E-state index in [0.717, 1.165) is 28.7 Å². The van der Waals surface area contributed by atoms with Crippen LogP contribution in [0.4, 0.5) is 0 Å². The first-order chi connectivity index (χ1) is 20.9. The van der Waals surface area contributed by atoms with Crippen LogP contribution in [0.25, 0.3) is 0 Å². The van der Waals surface area contributed by atoms with E-state index in [1.54, 1.807) is 13.0 Å². The van der Waals surface area contributed by atoms with Gasteiger partial charge in [-0.25, -0.2) is 0 Å². The summed E-state index contributed by atoms with van der Waals surface area (Å²) < 4.78 is 6.24. The molecule has 3 rings (SSSR count). The predicted octanol–water partition coefficient (Wildman–Crippen LogP) is 7.69. The minimum absolute atomic E-state index is 0.114. The average molecular weight is 617 g/mol. The van der Waals surface area contributed by atoms with Crippen LogP contribution in [0.3, 0.4) is 0 Å². The molecule has 1 aliphatic heterocycles. The molecule has 0 aromatic heterocycles. The Morgan fingerprint density at radius 2 is 1.29 bits per heavy atom. The Morgan fingerprint density at radius 3 is 1.84 bits per heavy atom. The third-order valence-corrected chi connectivity index (χ3v) is 9.48. The van der Waals surface area contributed by atoms with Gasteiger partial charge in [-0.15, -0.1) is 5.73 Å². The van der Waals surface area contributed by atoms with Gasteiger partial charge in [-0.3, -0.25) is 0 Å². The SMILES string of the molecule is CC(/C=C/C=C(/C=C=C1C(C)(C)CC(O)CC1(C)O)CO)=C\C=C\C=C(C)\C=C\C=C(C)\C=C\C12OC1(C)CC(O)CC2(C)C. The summed E-state index contributed by atoms with van der Waals surface area (Å²) >= 11 is 0. The van der Waals surface area contributed by atoms with E-state index in [-0.39, 0.29) is 41.2 Å². The molecule has 4 N–H and O–H groups in total. The summed E-state index contributed by atoms with van der Waals surface area (Å²) in [6.07, 6.45) is 27.5. The summed E-state index contributed by atoms with van der Waals surface area (Å²) in [5.74, 6) is 0. The summed E-state index contributed by atoms with van der Waals surface area (Å²) in [6, 6.07) is 0. The molecule has 5 atom stereocenters. The fraction of sp³-hybridized carbons (Fsp3) is 0.525. The number of hydrogen-bond donors (Lipinski definition) is 4. The molecule has 3 fully saturated rings. The third-order valence-electron chi connectivity index (χ3n) is 9.48. The lowest BCUT2D eigenvalue weighted by Crippen LogP contribution is -2.46. The predicted molar refractivity (Wildman–Crippen MR) is 185 cm³/mol. The number of fused-ring (bicyclic) bond motifs is 1. The first-order valence-corrected chi connectivity index (χ1v) is 16.2. The Labute approximate surface area is 271 Å². The van der Waals surface area contributed by atoms with Crippen molar-refractivity contribution >= 4 is 0 Å².